The summed E-state index contributed by atoms with van der Waals surface area (Å²) in [6.45, 7) is 10.1. The summed E-state index contributed by atoms with van der Waals surface area (Å²) in [5.74, 6) is 0.836. The van der Waals surface area contributed by atoms with E-state index >= 15 is 0 Å². The summed E-state index contributed by atoms with van der Waals surface area (Å²) in [6, 6.07) is 1.29. The Balaban J connectivity index is 2.61. The Hall–Kier alpha value is -0.0800. The van der Waals surface area contributed by atoms with E-state index in [1.54, 1.807) is 0 Å². The SMILES string of the molecule is CC1CCCCC1N(C)C(CN)CC(C)(C)C. The normalized spacial score (nSPS) is 28.4. The molecule has 1 aliphatic carbocycles. The average molecular weight is 240 g/mol. The van der Waals surface area contributed by atoms with Crippen molar-refractivity contribution in [3.05, 3.63) is 0 Å². The minimum atomic E-state index is 0.371. The van der Waals surface area contributed by atoms with Crippen molar-refractivity contribution in [2.45, 2.75) is 71.9 Å². The fourth-order valence-electron chi connectivity index (χ4n) is 3.27. The summed E-state index contributed by atoms with van der Waals surface area (Å²) in [5, 5.41) is 0. The number of nitrogens with zero attached hydrogens (tertiary/aromatic N) is 1. The molecule has 0 heterocycles. The molecule has 1 aliphatic rings. The first-order valence-corrected chi connectivity index (χ1v) is 7.27. The van der Waals surface area contributed by atoms with Crippen molar-refractivity contribution in [3.63, 3.8) is 0 Å². The van der Waals surface area contributed by atoms with Gasteiger partial charge in [0.25, 0.3) is 0 Å². The summed E-state index contributed by atoms with van der Waals surface area (Å²) in [7, 11) is 2.29. The number of hydrogen-bond donors (Lipinski definition) is 1. The molecule has 0 amide bonds. The molecular weight excluding hydrogens is 208 g/mol. The number of nitrogens with two attached hydrogens (primary N) is 1. The first-order valence-electron chi connectivity index (χ1n) is 7.27. The fourth-order valence-corrected chi connectivity index (χ4v) is 3.27. The zero-order valence-electron chi connectivity index (χ0n) is 12.5. The summed E-state index contributed by atoms with van der Waals surface area (Å²) >= 11 is 0. The summed E-state index contributed by atoms with van der Waals surface area (Å²) in [4.78, 5) is 2.58. The van der Waals surface area contributed by atoms with E-state index in [1.165, 1.54) is 32.1 Å². The molecule has 3 unspecified atom stereocenters. The van der Waals surface area contributed by atoms with Gasteiger partial charge in [0.05, 0.1) is 0 Å². The number of rotatable bonds is 4. The van der Waals surface area contributed by atoms with Gasteiger partial charge in [0.1, 0.15) is 0 Å². The second-order valence-electron chi connectivity index (χ2n) is 7.15. The Bertz CT molecular complexity index is 219. The Morgan fingerprint density at radius 2 is 1.82 bits per heavy atom. The number of hydrogen-bond acceptors (Lipinski definition) is 2. The van der Waals surface area contributed by atoms with Crippen molar-refractivity contribution in [2.75, 3.05) is 13.6 Å². The molecule has 3 atom stereocenters. The minimum absolute atomic E-state index is 0.371. The van der Waals surface area contributed by atoms with Crippen LogP contribution in [0.2, 0.25) is 0 Å². The molecule has 17 heavy (non-hydrogen) atoms. The Kier molecular flexibility index (Phi) is 5.46. The molecule has 1 saturated carbocycles. The van der Waals surface area contributed by atoms with Gasteiger partial charge in [0.15, 0.2) is 0 Å². The van der Waals surface area contributed by atoms with Crippen molar-refractivity contribution in [3.8, 4) is 0 Å². The maximum absolute atomic E-state index is 5.99. The lowest BCUT2D eigenvalue weighted by molar-refractivity contribution is 0.0783. The van der Waals surface area contributed by atoms with E-state index in [0.29, 0.717) is 11.5 Å². The van der Waals surface area contributed by atoms with Crippen LogP contribution < -0.4 is 5.73 Å². The van der Waals surface area contributed by atoms with Crippen LogP contribution in [-0.4, -0.2) is 30.6 Å². The van der Waals surface area contributed by atoms with E-state index < -0.39 is 0 Å². The molecule has 2 N–H and O–H groups in total. The third kappa shape index (κ3) is 4.59. The van der Waals surface area contributed by atoms with Crippen molar-refractivity contribution in [1.29, 1.82) is 0 Å². The Morgan fingerprint density at radius 1 is 1.24 bits per heavy atom. The van der Waals surface area contributed by atoms with E-state index in [2.05, 4.69) is 39.6 Å². The van der Waals surface area contributed by atoms with Crippen LogP contribution in [0.4, 0.5) is 0 Å². The van der Waals surface area contributed by atoms with Crippen LogP contribution >= 0.6 is 0 Å². The van der Waals surface area contributed by atoms with Crippen LogP contribution in [-0.2, 0) is 0 Å². The second kappa shape index (κ2) is 6.19. The van der Waals surface area contributed by atoms with Crippen LogP contribution in [0.1, 0.15) is 59.8 Å². The maximum Gasteiger partial charge on any atom is 0.0223 e. The van der Waals surface area contributed by atoms with Crippen LogP contribution in [0, 0.1) is 11.3 Å². The number of likely N-dealkylation sites (N-methyl/N-ethyl adjacent to an activating group) is 1. The van der Waals surface area contributed by atoms with E-state index in [1.807, 2.05) is 0 Å². The maximum atomic E-state index is 5.99. The minimum Gasteiger partial charge on any atom is -0.329 e. The summed E-state index contributed by atoms with van der Waals surface area (Å²) < 4.78 is 0. The Labute approximate surface area is 108 Å². The molecule has 0 aromatic heterocycles. The zero-order valence-corrected chi connectivity index (χ0v) is 12.5. The molecule has 0 aromatic carbocycles. The van der Waals surface area contributed by atoms with E-state index in [0.717, 1.165) is 18.5 Å². The molecule has 102 valence electrons. The summed E-state index contributed by atoms with van der Waals surface area (Å²) in [5.41, 5.74) is 6.36. The lowest BCUT2D eigenvalue weighted by Crippen LogP contribution is -2.49. The van der Waals surface area contributed by atoms with Crippen LogP contribution in [0.3, 0.4) is 0 Å². The summed E-state index contributed by atoms with van der Waals surface area (Å²) in [6.07, 6.45) is 6.76. The first-order chi connectivity index (χ1) is 7.85. The lowest BCUT2D eigenvalue weighted by atomic mass is 9.82. The average Bonchev–Trinajstić information content (AvgIpc) is 2.24. The van der Waals surface area contributed by atoms with Gasteiger partial charge in [0, 0.05) is 18.6 Å². The van der Waals surface area contributed by atoms with Gasteiger partial charge in [-0.15, -0.1) is 0 Å². The molecule has 2 heteroatoms. The van der Waals surface area contributed by atoms with Gasteiger partial charge in [-0.2, -0.15) is 0 Å². The predicted octanol–water partition coefficient (Wildman–Crippen LogP) is 3.26. The van der Waals surface area contributed by atoms with E-state index in [4.69, 9.17) is 5.73 Å². The molecule has 0 aromatic rings. The van der Waals surface area contributed by atoms with Crippen molar-refractivity contribution in [1.82, 2.24) is 4.90 Å². The van der Waals surface area contributed by atoms with Crippen molar-refractivity contribution < 1.29 is 0 Å². The van der Waals surface area contributed by atoms with Gasteiger partial charge >= 0.3 is 0 Å². The third-order valence-corrected chi connectivity index (χ3v) is 4.29. The van der Waals surface area contributed by atoms with Crippen molar-refractivity contribution >= 4 is 0 Å². The first kappa shape index (κ1) is 15.0. The molecule has 0 saturated heterocycles. The lowest BCUT2D eigenvalue weighted by Gasteiger charge is -2.42. The Morgan fingerprint density at radius 3 is 2.29 bits per heavy atom. The highest BCUT2D eigenvalue weighted by molar-refractivity contribution is 4.85. The van der Waals surface area contributed by atoms with Crippen LogP contribution in [0.15, 0.2) is 0 Å². The van der Waals surface area contributed by atoms with Gasteiger partial charge < -0.3 is 5.73 Å². The monoisotopic (exact) mass is 240 g/mol. The molecule has 0 aliphatic heterocycles. The van der Waals surface area contributed by atoms with E-state index in [9.17, 15) is 0 Å². The van der Waals surface area contributed by atoms with Gasteiger partial charge in [-0.3, -0.25) is 4.90 Å². The highest BCUT2D eigenvalue weighted by Crippen LogP contribution is 2.31. The second-order valence-corrected chi connectivity index (χ2v) is 7.15. The quantitative estimate of drug-likeness (QED) is 0.817. The molecule has 2 nitrogen and oxygen atoms in total. The largest absolute Gasteiger partial charge is 0.329 e. The molecule has 0 bridgehead atoms. The van der Waals surface area contributed by atoms with Gasteiger partial charge in [0.2, 0.25) is 0 Å². The highest BCUT2D eigenvalue weighted by atomic mass is 15.2. The third-order valence-electron chi connectivity index (χ3n) is 4.29. The van der Waals surface area contributed by atoms with Crippen molar-refractivity contribution in [2.24, 2.45) is 17.1 Å². The topological polar surface area (TPSA) is 29.3 Å². The predicted molar refractivity (Wildman–Crippen MR) is 76.1 cm³/mol. The highest BCUT2D eigenvalue weighted by Gasteiger charge is 2.30. The van der Waals surface area contributed by atoms with Gasteiger partial charge in [-0.1, -0.05) is 40.5 Å². The molecule has 1 rings (SSSR count). The van der Waals surface area contributed by atoms with Gasteiger partial charge in [-0.05, 0) is 37.6 Å². The smallest absolute Gasteiger partial charge is 0.0223 e. The van der Waals surface area contributed by atoms with E-state index in [-0.39, 0.29) is 0 Å². The molecule has 1 fully saturated rings. The molecular formula is C15H32N2. The molecule has 0 radical (unpaired) electrons. The molecule has 0 spiro atoms. The van der Waals surface area contributed by atoms with Gasteiger partial charge in [-0.25, -0.2) is 0 Å². The van der Waals surface area contributed by atoms with Crippen LogP contribution in [0.5, 0.6) is 0 Å². The fraction of sp³-hybridized carbons (Fsp3) is 1.00. The zero-order chi connectivity index (χ0) is 13.1. The standard InChI is InChI=1S/C15H32N2/c1-12-8-6-7-9-14(12)17(5)13(11-16)10-15(2,3)4/h12-14H,6-11,16H2,1-5H3. The van der Waals surface area contributed by atoms with Crippen LogP contribution in [0.25, 0.3) is 0 Å².